The molecular formula is C9H16Mg. The molecule has 0 radical (unpaired) electrons. The fourth-order valence-electron chi connectivity index (χ4n) is 0.125. The van der Waals surface area contributed by atoms with Crippen LogP contribution in [0.25, 0.3) is 0 Å². The maximum absolute atomic E-state index is 6.35. The molecule has 0 aliphatic heterocycles. The van der Waals surface area contributed by atoms with E-state index in [1.165, 1.54) is 6.42 Å². The first-order valence-corrected chi connectivity index (χ1v) is 3.52. The summed E-state index contributed by atoms with van der Waals surface area (Å²) in [5.41, 5.74) is 0. The average molecular weight is 149 g/mol. The van der Waals surface area contributed by atoms with Crippen molar-refractivity contribution in [3.8, 4) is 5.92 Å². The monoisotopic (exact) mass is 148 g/mol. The summed E-state index contributed by atoms with van der Waals surface area (Å²) in [6.07, 6.45) is 10.5. The Morgan fingerprint density at radius 3 is 1.70 bits per heavy atom. The van der Waals surface area contributed by atoms with Crippen molar-refractivity contribution in [1.82, 2.24) is 0 Å². The molecule has 0 aliphatic carbocycles. The van der Waals surface area contributed by atoms with Gasteiger partial charge in [0, 0.05) is 0 Å². The molecule has 0 saturated carbocycles. The van der Waals surface area contributed by atoms with Crippen LogP contribution in [0.3, 0.4) is 0 Å². The largest absolute Gasteiger partial charge is 2.00 e. The first-order chi connectivity index (χ1) is 4.33. The van der Waals surface area contributed by atoms with Gasteiger partial charge in [0.15, 0.2) is 0 Å². The molecular weight excluding hydrogens is 132 g/mol. The summed E-state index contributed by atoms with van der Waals surface area (Å²) in [4.78, 5) is 0. The molecule has 0 heterocycles. The molecule has 0 rings (SSSR count). The van der Waals surface area contributed by atoms with E-state index in [0.717, 1.165) is 19.3 Å². The van der Waals surface area contributed by atoms with E-state index >= 15 is 0 Å². The second kappa shape index (κ2) is 22.8. The summed E-state index contributed by atoms with van der Waals surface area (Å²) >= 11 is 0. The van der Waals surface area contributed by atoms with Gasteiger partial charge in [0.25, 0.3) is 0 Å². The quantitative estimate of drug-likeness (QED) is 0.321. The third-order valence-corrected chi connectivity index (χ3v) is 0.729. The van der Waals surface area contributed by atoms with Gasteiger partial charge in [0.1, 0.15) is 0 Å². The van der Waals surface area contributed by atoms with Crippen molar-refractivity contribution in [2.24, 2.45) is 0 Å². The minimum atomic E-state index is 0. The second-order valence-corrected chi connectivity index (χ2v) is 1.78. The van der Waals surface area contributed by atoms with E-state index in [1.807, 2.05) is 6.92 Å². The summed E-state index contributed by atoms with van der Waals surface area (Å²) < 4.78 is 0. The van der Waals surface area contributed by atoms with Gasteiger partial charge < -0.3 is 19.3 Å². The van der Waals surface area contributed by atoms with E-state index in [9.17, 15) is 0 Å². The van der Waals surface area contributed by atoms with E-state index < -0.39 is 0 Å². The smallest absolute Gasteiger partial charge is 0.694 e. The predicted molar refractivity (Wildman–Crippen MR) is 48.1 cm³/mol. The van der Waals surface area contributed by atoms with Gasteiger partial charge in [-0.05, 0) is 12.8 Å². The minimum absolute atomic E-state index is 0. The van der Waals surface area contributed by atoms with E-state index in [4.69, 9.17) is 6.42 Å². The van der Waals surface area contributed by atoms with Crippen molar-refractivity contribution >= 4 is 23.1 Å². The zero-order valence-corrected chi connectivity index (χ0v) is 8.66. The molecule has 10 heavy (non-hydrogen) atoms. The van der Waals surface area contributed by atoms with Gasteiger partial charge in [-0.15, -0.1) is 0 Å². The Hall–Kier alpha value is 0.326. The zero-order valence-electron chi connectivity index (χ0n) is 7.24. The summed E-state index contributed by atoms with van der Waals surface area (Å²) in [6, 6.07) is 0. The Kier molecular flexibility index (Phi) is 38.1. The molecule has 0 aromatic carbocycles. The van der Waals surface area contributed by atoms with Gasteiger partial charge in [-0.25, -0.2) is 0 Å². The van der Waals surface area contributed by atoms with Crippen LogP contribution in [0.15, 0.2) is 0 Å². The Bertz CT molecular complexity index is 59.6. The molecule has 0 nitrogen and oxygen atoms in total. The normalized spacial score (nSPS) is 6.20. The maximum atomic E-state index is 6.35. The Balaban J connectivity index is -0.0000000910. The van der Waals surface area contributed by atoms with Crippen molar-refractivity contribution in [1.29, 1.82) is 0 Å². The topological polar surface area (TPSA) is 0 Å². The summed E-state index contributed by atoms with van der Waals surface area (Å²) in [5.74, 6) is 2.27. The molecule has 1 heteroatoms. The molecule has 0 spiro atoms. The van der Waals surface area contributed by atoms with Gasteiger partial charge in [-0.2, -0.15) is 6.42 Å². The summed E-state index contributed by atoms with van der Waals surface area (Å²) in [5, 5.41) is 0. The van der Waals surface area contributed by atoms with E-state index in [1.54, 1.807) is 0 Å². The summed E-state index contributed by atoms with van der Waals surface area (Å²) in [7, 11) is 0. The van der Waals surface area contributed by atoms with Crippen LogP contribution in [0.2, 0.25) is 0 Å². The van der Waals surface area contributed by atoms with Gasteiger partial charge in [0.05, 0.1) is 0 Å². The number of rotatable bonds is 2. The van der Waals surface area contributed by atoms with Gasteiger partial charge >= 0.3 is 23.1 Å². The van der Waals surface area contributed by atoms with E-state index in [2.05, 4.69) is 19.8 Å². The molecule has 0 bridgehead atoms. The van der Waals surface area contributed by atoms with Gasteiger partial charge in [-0.3, -0.25) is 0 Å². The molecule has 0 aromatic rings. The molecule has 0 N–H and O–H groups in total. The molecule has 0 atom stereocenters. The Labute approximate surface area is 81.9 Å². The zero-order chi connectivity index (χ0) is 7.54. The maximum Gasteiger partial charge on any atom is 2.00 e. The van der Waals surface area contributed by atoms with Crippen LogP contribution in [0.1, 0.15) is 39.5 Å². The van der Waals surface area contributed by atoms with Gasteiger partial charge in [0.2, 0.25) is 0 Å². The Morgan fingerprint density at radius 1 is 1.30 bits per heavy atom. The van der Waals surface area contributed by atoms with Crippen molar-refractivity contribution < 1.29 is 0 Å². The average Bonchev–Trinajstić information content (AvgIpc) is 1.91. The molecule has 54 valence electrons. The van der Waals surface area contributed by atoms with Crippen LogP contribution in [-0.4, -0.2) is 23.1 Å². The SMILES string of the molecule is [C-]#CCCC.[CH2-]CCC.[Mg+2]. The first-order valence-electron chi connectivity index (χ1n) is 3.52. The van der Waals surface area contributed by atoms with E-state index in [0.29, 0.717) is 0 Å². The number of hydrogen-bond acceptors (Lipinski definition) is 0. The fraction of sp³-hybridized carbons (Fsp3) is 0.667. The molecule has 0 unspecified atom stereocenters. The molecule has 0 amide bonds. The fourth-order valence-corrected chi connectivity index (χ4v) is 0.125. The van der Waals surface area contributed by atoms with Crippen LogP contribution < -0.4 is 0 Å². The number of hydrogen-bond donors (Lipinski definition) is 0. The third-order valence-electron chi connectivity index (χ3n) is 0.729. The third kappa shape index (κ3) is 40.4. The first kappa shape index (κ1) is 16.7. The van der Waals surface area contributed by atoms with Crippen LogP contribution in [0.4, 0.5) is 0 Å². The molecule has 0 saturated heterocycles. The van der Waals surface area contributed by atoms with Crippen LogP contribution in [-0.2, 0) is 0 Å². The Morgan fingerprint density at radius 2 is 1.70 bits per heavy atom. The molecule has 0 aromatic heterocycles. The summed E-state index contributed by atoms with van der Waals surface area (Å²) in [6.45, 7) is 7.75. The standard InChI is InChI=1S/C5H7.C4H9.Mg/c1-3-5-4-2;1-3-4-2;/h3,5H2,1H3;1,3-4H2,2H3;/q2*-1;+2. The second-order valence-electron chi connectivity index (χ2n) is 1.78. The van der Waals surface area contributed by atoms with E-state index in [-0.39, 0.29) is 23.1 Å². The minimum Gasteiger partial charge on any atom is -0.694 e. The van der Waals surface area contributed by atoms with Crippen molar-refractivity contribution in [3.63, 3.8) is 0 Å². The van der Waals surface area contributed by atoms with Crippen molar-refractivity contribution in [2.75, 3.05) is 0 Å². The van der Waals surface area contributed by atoms with Gasteiger partial charge in [-0.1, -0.05) is 20.3 Å². The van der Waals surface area contributed by atoms with Crippen LogP contribution >= 0.6 is 0 Å². The predicted octanol–water partition coefficient (Wildman–Crippen LogP) is 2.62. The van der Waals surface area contributed by atoms with Crippen molar-refractivity contribution in [3.05, 3.63) is 13.3 Å². The molecule has 0 aliphatic rings. The number of unbranched alkanes of at least 4 members (excludes halogenated alkanes) is 2. The van der Waals surface area contributed by atoms with Crippen LogP contribution in [0, 0.1) is 19.3 Å². The van der Waals surface area contributed by atoms with Crippen LogP contribution in [0.5, 0.6) is 0 Å². The molecule has 0 fully saturated rings. The van der Waals surface area contributed by atoms with Crippen molar-refractivity contribution in [2.45, 2.75) is 39.5 Å².